The van der Waals surface area contributed by atoms with Crippen molar-refractivity contribution in [2.24, 2.45) is 0 Å². The molecule has 0 radical (unpaired) electrons. The van der Waals surface area contributed by atoms with Crippen LogP contribution in [0.15, 0.2) is 0 Å². The predicted octanol–water partition coefficient (Wildman–Crippen LogP) is 3.67. The second-order valence-corrected chi connectivity index (χ2v) is 5.70. The molecule has 2 nitrogen and oxygen atoms in total. The summed E-state index contributed by atoms with van der Waals surface area (Å²) in [5, 5.41) is 9.60. The molecule has 86 valence electrons. The van der Waals surface area contributed by atoms with Crippen LogP contribution in [0.4, 0.5) is 9.39 Å². The number of alkyl halides is 1. The van der Waals surface area contributed by atoms with Gasteiger partial charge in [-0.2, -0.15) is 5.26 Å². The van der Waals surface area contributed by atoms with Gasteiger partial charge in [0.1, 0.15) is 17.2 Å². The Kier molecular flexibility index (Phi) is 2.67. The van der Waals surface area contributed by atoms with Gasteiger partial charge >= 0.3 is 0 Å². The summed E-state index contributed by atoms with van der Waals surface area (Å²) in [6.07, 6.45) is 1.31. The lowest BCUT2D eigenvalue weighted by molar-refractivity contribution is 0.252. The van der Waals surface area contributed by atoms with Crippen molar-refractivity contribution in [2.45, 2.75) is 44.7 Å². The maximum atomic E-state index is 13.8. The molecule has 1 heterocycles. The third-order valence-corrected chi connectivity index (χ3v) is 4.80. The van der Waals surface area contributed by atoms with Crippen LogP contribution >= 0.6 is 11.3 Å². The third-order valence-electron chi connectivity index (χ3n) is 3.69. The third kappa shape index (κ3) is 1.42. The van der Waals surface area contributed by atoms with E-state index in [2.05, 4.69) is 19.9 Å². The zero-order valence-electron chi connectivity index (χ0n) is 9.51. The summed E-state index contributed by atoms with van der Waals surface area (Å²) in [6, 6.07) is 2.13. The molecule has 0 saturated carbocycles. The summed E-state index contributed by atoms with van der Waals surface area (Å²) in [4.78, 5) is 0.685. The topological polar surface area (TPSA) is 49.8 Å². The van der Waals surface area contributed by atoms with Crippen molar-refractivity contribution in [2.75, 3.05) is 5.73 Å². The Morgan fingerprint density at radius 2 is 2.38 bits per heavy atom. The lowest BCUT2D eigenvalue weighted by Gasteiger charge is -2.34. The largest absolute Gasteiger partial charge is 0.389 e. The maximum Gasteiger partial charge on any atom is 0.135 e. The van der Waals surface area contributed by atoms with E-state index in [4.69, 9.17) is 11.0 Å². The van der Waals surface area contributed by atoms with Crippen LogP contribution in [-0.4, -0.2) is 0 Å². The number of nitrogens with zero attached hydrogens (tertiary/aromatic N) is 1. The van der Waals surface area contributed by atoms with Crippen LogP contribution in [0, 0.1) is 11.3 Å². The van der Waals surface area contributed by atoms with Gasteiger partial charge < -0.3 is 5.73 Å². The molecule has 0 saturated heterocycles. The molecule has 1 aliphatic rings. The number of hydrogen-bond acceptors (Lipinski definition) is 3. The minimum Gasteiger partial charge on any atom is -0.389 e. The van der Waals surface area contributed by atoms with Gasteiger partial charge in [0.2, 0.25) is 0 Å². The first kappa shape index (κ1) is 11.4. The highest BCUT2D eigenvalue weighted by Gasteiger charge is 2.39. The first-order valence-corrected chi connectivity index (χ1v) is 6.32. The summed E-state index contributed by atoms with van der Waals surface area (Å²) in [5.74, 6) is 0. The lowest BCUT2D eigenvalue weighted by atomic mass is 9.70. The molecule has 0 spiro atoms. The van der Waals surface area contributed by atoms with Gasteiger partial charge in [-0.3, -0.25) is 0 Å². The molecule has 2 atom stereocenters. The van der Waals surface area contributed by atoms with Crippen molar-refractivity contribution in [3.63, 3.8) is 0 Å². The molecule has 4 heteroatoms. The van der Waals surface area contributed by atoms with Crippen LogP contribution in [0.3, 0.4) is 0 Å². The molecule has 2 unspecified atom stereocenters. The van der Waals surface area contributed by atoms with E-state index < -0.39 is 6.17 Å². The SMILES string of the molecule is CCC1(C)CCC(F)c2sc(N)c(C#N)c21. The lowest BCUT2D eigenvalue weighted by Crippen LogP contribution is -2.27. The Morgan fingerprint density at radius 3 is 2.94 bits per heavy atom. The molecule has 2 rings (SSSR count). The Bertz CT molecular complexity index is 460. The molecule has 2 N–H and O–H groups in total. The fraction of sp³-hybridized carbons (Fsp3) is 0.583. The van der Waals surface area contributed by atoms with E-state index in [-0.39, 0.29) is 5.41 Å². The molecular formula is C12H15FN2S. The van der Waals surface area contributed by atoms with Gasteiger partial charge in [-0.1, -0.05) is 13.8 Å². The van der Waals surface area contributed by atoms with Crippen LogP contribution in [0.5, 0.6) is 0 Å². The number of rotatable bonds is 1. The van der Waals surface area contributed by atoms with Gasteiger partial charge in [0.05, 0.1) is 5.56 Å². The predicted molar refractivity (Wildman–Crippen MR) is 64.2 cm³/mol. The van der Waals surface area contributed by atoms with Crippen LogP contribution in [0.25, 0.3) is 0 Å². The second-order valence-electron chi connectivity index (χ2n) is 4.61. The van der Waals surface area contributed by atoms with Gasteiger partial charge in [0.25, 0.3) is 0 Å². The standard InChI is InChI=1S/C12H15FN2S/c1-3-12(2)5-4-8(13)10-9(12)7(6-14)11(15)16-10/h8H,3-5,15H2,1-2H3. The van der Waals surface area contributed by atoms with Crippen LogP contribution < -0.4 is 5.73 Å². The van der Waals surface area contributed by atoms with E-state index in [1.807, 2.05) is 0 Å². The normalized spacial score (nSPS) is 28.5. The van der Waals surface area contributed by atoms with Crippen molar-refractivity contribution >= 4 is 16.3 Å². The Balaban J connectivity index is 2.69. The number of nitrogen functional groups attached to an aromatic ring is 1. The highest BCUT2D eigenvalue weighted by Crippen LogP contribution is 2.51. The van der Waals surface area contributed by atoms with Gasteiger partial charge in [-0.25, -0.2) is 4.39 Å². The molecule has 0 aliphatic heterocycles. The molecule has 0 bridgehead atoms. The number of halogens is 1. The average Bonchev–Trinajstić information content (AvgIpc) is 2.62. The summed E-state index contributed by atoms with van der Waals surface area (Å²) in [5.41, 5.74) is 7.09. The van der Waals surface area contributed by atoms with E-state index in [0.29, 0.717) is 21.9 Å². The van der Waals surface area contributed by atoms with Crippen molar-refractivity contribution in [3.05, 3.63) is 16.0 Å². The summed E-state index contributed by atoms with van der Waals surface area (Å²) in [6.45, 7) is 4.18. The highest BCUT2D eigenvalue weighted by molar-refractivity contribution is 7.16. The van der Waals surface area contributed by atoms with Crippen molar-refractivity contribution in [1.29, 1.82) is 5.26 Å². The number of hydrogen-bond donors (Lipinski definition) is 1. The number of thiophene rings is 1. The molecule has 0 amide bonds. The van der Waals surface area contributed by atoms with Gasteiger partial charge in [-0.15, -0.1) is 11.3 Å². The van der Waals surface area contributed by atoms with Crippen molar-refractivity contribution in [1.82, 2.24) is 0 Å². The minimum absolute atomic E-state index is 0.0862. The molecule has 1 aromatic rings. The highest BCUT2D eigenvalue weighted by atomic mass is 32.1. The fourth-order valence-electron chi connectivity index (χ4n) is 2.45. The van der Waals surface area contributed by atoms with Gasteiger partial charge in [0, 0.05) is 4.88 Å². The zero-order chi connectivity index (χ0) is 11.9. The molecule has 0 fully saturated rings. The van der Waals surface area contributed by atoms with E-state index in [1.54, 1.807) is 0 Å². The summed E-state index contributed by atoms with van der Waals surface area (Å²) < 4.78 is 13.8. The molecule has 1 aliphatic carbocycles. The van der Waals surface area contributed by atoms with Crippen molar-refractivity contribution < 1.29 is 4.39 Å². The number of nitriles is 1. The van der Waals surface area contributed by atoms with E-state index in [9.17, 15) is 4.39 Å². The summed E-state index contributed by atoms with van der Waals surface area (Å²) in [7, 11) is 0. The van der Waals surface area contributed by atoms with Crippen LogP contribution in [0.1, 0.15) is 55.3 Å². The van der Waals surface area contributed by atoms with Gasteiger partial charge in [-0.05, 0) is 30.2 Å². The molecule has 0 aromatic carbocycles. The molecule has 1 aromatic heterocycles. The Labute approximate surface area is 98.9 Å². The first-order valence-electron chi connectivity index (χ1n) is 5.50. The zero-order valence-corrected chi connectivity index (χ0v) is 10.3. The van der Waals surface area contributed by atoms with E-state index in [0.717, 1.165) is 18.4 Å². The quantitative estimate of drug-likeness (QED) is 0.811. The number of nitrogens with two attached hydrogens (primary N) is 1. The smallest absolute Gasteiger partial charge is 0.135 e. The average molecular weight is 238 g/mol. The Hall–Kier alpha value is -1.08. The van der Waals surface area contributed by atoms with E-state index in [1.165, 1.54) is 11.3 Å². The number of fused-ring (bicyclic) bond motifs is 1. The van der Waals surface area contributed by atoms with Gasteiger partial charge in [0.15, 0.2) is 0 Å². The van der Waals surface area contributed by atoms with Crippen LogP contribution in [-0.2, 0) is 5.41 Å². The first-order chi connectivity index (χ1) is 7.53. The number of anilines is 1. The van der Waals surface area contributed by atoms with Crippen LogP contribution in [0.2, 0.25) is 0 Å². The summed E-state index contributed by atoms with van der Waals surface area (Å²) >= 11 is 1.25. The molecular weight excluding hydrogens is 223 g/mol. The van der Waals surface area contributed by atoms with Crippen molar-refractivity contribution in [3.8, 4) is 6.07 Å². The minimum atomic E-state index is -0.941. The maximum absolute atomic E-state index is 13.8. The molecule has 16 heavy (non-hydrogen) atoms. The Morgan fingerprint density at radius 1 is 1.69 bits per heavy atom. The monoisotopic (exact) mass is 238 g/mol. The van der Waals surface area contributed by atoms with E-state index >= 15 is 0 Å². The fourth-order valence-corrected chi connectivity index (χ4v) is 3.64. The second kappa shape index (κ2) is 3.74.